The Hall–Kier alpha value is -2.76. The van der Waals surface area contributed by atoms with Gasteiger partial charge < -0.3 is 19.1 Å². The molecule has 2 aromatic rings. The highest BCUT2D eigenvalue weighted by molar-refractivity contribution is 5.78. The maximum atomic E-state index is 13.0. The normalized spacial score (nSPS) is 15.1. The van der Waals surface area contributed by atoms with Gasteiger partial charge in [-0.15, -0.1) is 0 Å². The zero-order valence-corrected chi connectivity index (χ0v) is 16.0. The molecule has 0 saturated carbocycles. The van der Waals surface area contributed by atoms with Crippen LogP contribution in [0.1, 0.15) is 25.0 Å². The summed E-state index contributed by atoms with van der Waals surface area (Å²) in [6, 6.07) is 9.55. The van der Waals surface area contributed by atoms with Gasteiger partial charge in [0.25, 0.3) is 5.91 Å². The summed E-state index contributed by atoms with van der Waals surface area (Å²) in [4.78, 5) is 14.5. The summed E-state index contributed by atoms with van der Waals surface area (Å²) < 4.78 is 29.3. The Kier molecular flexibility index (Phi) is 5.26. The lowest BCUT2D eigenvalue weighted by Crippen LogP contribution is -2.46. The van der Waals surface area contributed by atoms with Gasteiger partial charge >= 0.3 is 0 Å². The number of carbonyl (C=O) groups excluding carboxylic acids is 1. The number of halogens is 1. The monoisotopic (exact) mass is 373 g/mol. The summed E-state index contributed by atoms with van der Waals surface area (Å²) in [6.07, 6.45) is 0. The van der Waals surface area contributed by atoms with Crippen molar-refractivity contribution in [2.24, 2.45) is 0 Å². The van der Waals surface area contributed by atoms with Crippen LogP contribution < -0.4 is 14.2 Å². The lowest BCUT2D eigenvalue weighted by atomic mass is 9.78. The van der Waals surface area contributed by atoms with E-state index in [1.165, 1.54) is 24.3 Å². The number of carbonyl (C=O) groups is 1. The van der Waals surface area contributed by atoms with E-state index in [1.54, 1.807) is 19.1 Å². The summed E-state index contributed by atoms with van der Waals surface area (Å²) in [5, 5.41) is 0. The van der Waals surface area contributed by atoms with Gasteiger partial charge in [-0.2, -0.15) is 0 Å². The maximum absolute atomic E-state index is 13.0. The fraction of sp³-hybridized carbons (Fsp3) is 0.381. The maximum Gasteiger partial charge on any atom is 0.260 e. The Labute approximate surface area is 158 Å². The van der Waals surface area contributed by atoms with E-state index in [0.29, 0.717) is 30.3 Å². The van der Waals surface area contributed by atoms with Crippen LogP contribution in [-0.2, 0) is 16.8 Å². The SMILES string of the molecule is COc1cc2c(cc1OC)C(C)(C)CN(C(=O)COc1ccc(F)cc1)C2. The van der Waals surface area contributed by atoms with Gasteiger partial charge in [-0.3, -0.25) is 4.79 Å². The molecule has 144 valence electrons. The second kappa shape index (κ2) is 7.47. The van der Waals surface area contributed by atoms with E-state index >= 15 is 0 Å². The average molecular weight is 373 g/mol. The number of benzene rings is 2. The quantitative estimate of drug-likeness (QED) is 0.804. The van der Waals surface area contributed by atoms with E-state index in [0.717, 1.165) is 11.1 Å². The molecule has 2 aromatic carbocycles. The zero-order valence-electron chi connectivity index (χ0n) is 16.0. The van der Waals surface area contributed by atoms with E-state index in [1.807, 2.05) is 12.1 Å². The highest BCUT2D eigenvalue weighted by Crippen LogP contribution is 2.40. The standard InChI is InChI=1S/C21H24FNO4/c1-21(2)13-23(20(24)12-27-16-7-5-15(22)6-8-16)11-14-9-18(25-3)19(26-4)10-17(14)21/h5-10H,11-13H2,1-4H3. The first-order valence-corrected chi connectivity index (χ1v) is 8.75. The Morgan fingerprint density at radius 3 is 2.37 bits per heavy atom. The highest BCUT2D eigenvalue weighted by atomic mass is 19.1. The Balaban J connectivity index is 1.77. The summed E-state index contributed by atoms with van der Waals surface area (Å²) in [5.74, 6) is 1.33. The number of hydrogen-bond donors (Lipinski definition) is 0. The van der Waals surface area contributed by atoms with Crippen molar-refractivity contribution < 1.29 is 23.4 Å². The van der Waals surface area contributed by atoms with Crippen LogP contribution in [0.25, 0.3) is 0 Å². The number of ether oxygens (including phenoxy) is 3. The van der Waals surface area contributed by atoms with Crippen molar-refractivity contribution in [3.05, 3.63) is 53.3 Å². The Morgan fingerprint density at radius 2 is 1.74 bits per heavy atom. The number of rotatable bonds is 5. The largest absolute Gasteiger partial charge is 0.493 e. The van der Waals surface area contributed by atoms with Crippen molar-refractivity contribution >= 4 is 5.91 Å². The van der Waals surface area contributed by atoms with Crippen LogP contribution in [0.15, 0.2) is 36.4 Å². The lowest BCUT2D eigenvalue weighted by Gasteiger charge is -2.40. The third kappa shape index (κ3) is 3.99. The van der Waals surface area contributed by atoms with Crippen LogP contribution in [0.4, 0.5) is 4.39 Å². The molecule has 0 bridgehead atoms. The second-order valence-electron chi connectivity index (χ2n) is 7.24. The summed E-state index contributed by atoms with van der Waals surface area (Å²) in [7, 11) is 3.21. The number of fused-ring (bicyclic) bond motifs is 1. The predicted octanol–water partition coefficient (Wildman–Crippen LogP) is 3.54. The van der Waals surface area contributed by atoms with Crippen LogP contribution in [0.5, 0.6) is 17.2 Å². The summed E-state index contributed by atoms with van der Waals surface area (Å²) >= 11 is 0. The van der Waals surface area contributed by atoms with Crippen molar-refractivity contribution in [1.29, 1.82) is 0 Å². The molecule has 0 N–H and O–H groups in total. The van der Waals surface area contributed by atoms with Gasteiger partial charge in [0.05, 0.1) is 14.2 Å². The van der Waals surface area contributed by atoms with Gasteiger partial charge in [0.15, 0.2) is 18.1 Å². The third-order valence-corrected chi connectivity index (χ3v) is 4.81. The van der Waals surface area contributed by atoms with E-state index in [2.05, 4.69) is 13.8 Å². The minimum Gasteiger partial charge on any atom is -0.493 e. The molecule has 0 spiro atoms. The fourth-order valence-corrected chi connectivity index (χ4v) is 3.45. The van der Waals surface area contributed by atoms with Gasteiger partial charge in [0.1, 0.15) is 11.6 Å². The average Bonchev–Trinajstić information content (AvgIpc) is 2.65. The van der Waals surface area contributed by atoms with Gasteiger partial charge in [-0.25, -0.2) is 4.39 Å². The highest BCUT2D eigenvalue weighted by Gasteiger charge is 2.35. The van der Waals surface area contributed by atoms with Gasteiger partial charge in [0, 0.05) is 18.5 Å². The van der Waals surface area contributed by atoms with Crippen molar-refractivity contribution in [3.63, 3.8) is 0 Å². The van der Waals surface area contributed by atoms with Gasteiger partial charge in [-0.05, 0) is 47.5 Å². The number of amides is 1. The minimum atomic E-state index is -0.340. The molecule has 3 rings (SSSR count). The smallest absolute Gasteiger partial charge is 0.260 e. The van der Waals surface area contributed by atoms with Gasteiger partial charge in [-0.1, -0.05) is 13.8 Å². The molecule has 0 aromatic heterocycles. The molecule has 6 heteroatoms. The van der Waals surface area contributed by atoms with Gasteiger partial charge in [0.2, 0.25) is 0 Å². The number of hydrogen-bond acceptors (Lipinski definition) is 4. The van der Waals surface area contributed by atoms with E-state index in [9.17, 15) is 9.18 Å². The van der Waals surface area contributed by atoms with E-state index in [-0.39, 0.29) is 23.7 Å². The molecule has 0 saturated heterocycles. The molecule has 1 amide bonds. The molecular weight excluding hydrogens is 349 g/mol. The second-order valence-corrected chi connectivity index (χ2v) is 7.24. The molecule has 0 fully saturated rings. The molecule has 0 atom stereocenters. The van der Waals surface area contributed by atoms with E-state index < -0.39 is 0 Å². The van der Waals surface area contributed by atoms with Crippen LogP contribution in [-0.4, -0.2) is 38.2 Å². The first-order chi connectivity index (χ1) is 12.8. The molecule has 1 heterocycles. The number of methoxy groups -OCH3 is 2. The van der Waals surface area contributed by atoms with Crippen LogP contribution in [0, 0.1) is 5.82 Å². The molecule has 0 aliphatic carbocycles. The Morgan fingerprint density at radius 1 is 1.11 bits per heavy atom. The minimum absolute atomic E-state index is 0.0929. The first kappa shape index (κ1) is 19.0. The molecular formula is C21H24FNO4. The molecule has 27 heavy (non-hydrogen) atoms. The molecule has 1 aliphatic heterocycles. The lowest BCUT2D eigenvalue weighted by molar-refractivity contribution is -0.135. The van der Waals surface area contributed by atoms with Crippen LogP contribution >= 0.6 is 0 Å². The number of nitrogens with zero attached hydrogens (tertiary/aromatic N) is 1. The van der Waals surface area contributed by atoms with Crippen LogP contribution in [0.3, 0.4) is 0 Å². The summed E-state index contributed by atoms with van der Waals surface area (Å²) in [6.45, 7) is 5.15. The predicted molar refractivity (Wildman–Crippen MR) is 99.9 cm³/mol. The van der Waals surface area contributed by atoms with Crippen molar-refractivity contribution in [3.8, 4) is 17.2 Å². The summed E-state index contributed by atoms with van der Waals surface area (Å²) in [5.41, 5.74) is 1.93. The van der Waals surface area contributed by atoms with Crippen LogP contribution in [0.2, 0.25) is 0 Å². The zero-order chi connectivity index (χ0) is 19.6. The molecule has 0 radical (unpaired) electrons. The molecule has 0 unspecified atom stereocenters. The van der Waals surface area contributed by atoms with Crippen molar-refractivity contribution in [2.45, 2.75) is 25.8 Å². The third-order valence-electron chi connectivity index (χ3n) is 4.81. The Bertz CT molecular complexity index is 833. The molecule has 1 aliphatic rings. The molecule has 5 nitrogen and oxygen atoms in total. The van der Waals surface area contributed by atoms with E-state index in [4.69, 9.17) is 14.2 Å². The first-order valence-electron chi connectivity index (χ1n) is 8.75. The fourth-order valence-electron chi connectivity index (χ4n) is 3.45. The van der Waals surface area contributed by atoms with Crippen molar-refractivity contribution in [1.82, 2.24) is 4.90 Å². The topological polar surface area (TPSA) is 48.0 Å². The van der Waals surface area contributed by atoms with Crippen molar-refractivity contribution in [2.75, 3.05) is 27.4 Å².